The van der Waals surface area contributed by atoms with E-state index in [0.29, 0.717) is 6.04 Å². The number of likely N-dealkylation sites (N-methyl/N-ethyl adjacent to an activating group) is 1. The van der Waals surface area contributed by atoms with Gasteiger partial charge in [-0.3, -0.25) is 0 Å². The van der Waals surface area contributed by atoms with Crippen LogP contribution < -0.4 is 5.32 Å². The number of nitrogens with one attached hydrogen (secondary N) is 1. The molecule has 1 aromatic rings. The van der Waals surface area contributed by atoms with E-state index in [1.807, 2.05) is 6.08 Å². The zero-order valence-corrected chi connectivity index (χ0v) is 10.0. The maximum absolute atomic E-state index is 3.86. The zero-order valence-electron chi connectivity index (χ0n) is 10.0. The third-order valence-electron chi connectivity index (χ3n) is 2.49. The zero-order chi connectivity index (χ0) is 11.3. The fourth-order valence-corrected chi connectivity index (χ4v) is 1.94. The quantitative estimate of drug-likeness (QED) is 0.725. The summed E-state index contributed by atoms with van der Waals surface area (Å²) in [6, 6.07) is 7.10. The second-order valence-electron chi connectivity index (χ2n) is 4.10. The monoisotopic (exact) mass is 203 g/mol. The average Bonchev–Trinajstić information content (AvgIpc) is 2.15. The molecule has 0 fully saturated rings. The summed E-state index contributed by atoms with van der Waals surface area (Å²) in [6.07, 6.45) is 3.01. The molecule has 1 atom stereocenters. The topological polar surface area (TPSA) is 12.0 Å². The predicted octanol–water partition coefficient (Wildman–Crippen LogP) is 3.01. The van der Waals surface area contributed by atoms with Crippen LogP contribution in [0.25, 0.3) is 0 Å². The lowest BCUT2D eigenvalue weighted by Gasteiger charge is -2.14. The Kier molecular flexibility index (Phi) is 4.57. The van der Waals surface area contributed by atoms with Gasteiger partial charge in [-0.15, -0.1) is 6.58 Å². The highest BCUT2D eigenvalue weighted by Crippen LogP contribution is 2.11. The molecular weight excluding hydrogens is 182 g/mol. The van der Waals surface area contributed by atoms with Crippen molar-refractivity contribution >= 4 is 0 Å². The second-order valence-corrected chi connectivity index (χ2v) is 4.10. The fourth-order valence-electron chi connectivity index (χ4n) is 1.94. The van der Waals surface area contributed by atoms with Crippen LogP contribution in [0.5, 0.6) is 0 Å². The van der Waals surface area contributed by atoms with Crippen molar-refractivity contribution in [2.45, 2.75) is 33.2 Å². The van der Waals surface area contributed by atoms with Gasteiger partial charge in [0.1, 0.15) is 0 Å². The maximum Gasteiger partial charge on any atom is 0.0287 e. The molecule has 82 valence electrons. The van der Waals surface area contributed by atoms with Crippen LogP contribution in [0.3, 0.4) is 0 Å². The minimum Gasteiger partial charge on any atom is -0.310 e. The van der Waals surface area contributed by atoms with Crippen LogP contribution in [-0.4, -0.2) is 12.6 Å². The van der Waals surface area contributed by atoms with E-state index in [4.69, 9.17) is 0 Å². The summed E-state index contributed by atoms with van der Waals surface area (Å²) in [5.41, 5.74) is 4.06. The molecule has 0 aliphatic rings. The molecule has 0 aliphatic heterocycles. The van der Waals surface area contributed by atoms with E-state index >= 15 is 0 Å². The number of hydrogen-bond donors (Lipinski definition) is 1. The summed E-state index contributed by atoms with van der Waals surface area (Å²) in [4.78, 5) is 0. The molecule has 0 aromatic heterocycles. The Labute approximate surface area is 93.2 Å². The Morgan fingerprint density at radius 3 is 2.33 bits per heavy atom. The van der Waals surface area contributed by atoms with E-state index in [9.17, 15) is 0 Å². The van der Waals surface area contributed by atoms with E-state index in [-0.39, 0.29) is 0 Å². The highest BCUT2D eigenvalue weighted by molar-refractivity contribution is 5.29. The SMILES string of the molecule is C=CC(Cc1cc(C)cc(C)c1)NCC. The van der Waals surface area contributed by atoms with E-state index in [2.05, 4.69) is 50.9 Å². The van der Waals surface area contributed by atoms with Crippen molar-refractivity contribution in [2.24, 2.45) is 0 Å². The van der Waals surface area contributed by atoms with Gasteiger partial charge in [-0.2, -0.15) is 0 Å². The second kappa shape index (κ2) is 5.72. The van der Waals surface area contributed by atoms with E-state index in [1.54, 1.807) is 0 Å². The first-order valence-electron chi connectivity index (χ1n) is 5.58. The minimum absolute atomic E-state index is 0.385. The molecule has 1 nitrogen and oxygen atoms in total. The molecule has 0 radical (unpaired) electrons. The Morgan fingerprint density at radius 2 is 1.87 bits per heavy atom. The van der Waals surface area contributed by atoms with Gasteiger partial charge in [-0.05, 0) is 32.4 Å². The van der Waals surface area contributed by atoms with Gasteiger partial charge in [0.25, 0.3) is 0 Å². The molecule has 0 saturated carbocycles. The summed E-state index contributed by atoms with van der Waals surface area (Å²) in [5, 5.41) is 3.40. The minimum atomic E-state index is 0.385. The molecule has 0 heterocycles. The third-order valence-corrected chi connectivity index (χ3v) is 2.49. The standard InChI is InChI=1S/C14H21N/c1-5-14(15-6-2)10-13-8-11(3)7-12(4)9-13/h5,7-9,14-15H,1,6,10H2,2-4H3. The molecule has 1 aromatic carbocycles. The lowest BCUT2D eigenvalue weighted by atomic mass is 10.0. The van der Waals surface area contributed by atoms with Gasteiger partial charge in [-0.1, -0.05) is 42.3 Å². The molecular formula is C14H21N. The lowest BCUT2D eigenvalue weighted by molar-refractivity contribution is 0.613. The first-order chi connectivity index (χ1) is 7.15. The number of benzene rings is 1. The number of rotatable bonds is 5. The highest BCUT2D eigenvalue weighted by atomic mass is 14.9. The van der Waals surface area contributed by atoms with Crippen LogP contribution in [0.15, 0.2) is 30.9 Å². The Bertz CT molecular complexity index is 308. The summed E-state index contributed by atoms with van der Waals surface area (Å²) < 4.78 is 0. The van der Waals surface area contributed by atoms with Crippen molar-refractivity contribution in [1.29, 1.82) is 0 Å². The van der Waals surface area contributed by atoms with Crippen LogP contribution in [0, 0.1) is 13.8 Å². The van der Waals surface area contributed by atoms with Gasteiger partial charge >= 0.3 is 0 Å². The van der Waals surface area contributed by atoms with Crippen molar-refractivity contribution in [1.82, 2.24) is 5.32 Å². The Morgan fingerprint density at radius 1 is 1.27 bits per heavy atom. The largest absolute Gasteiger partial charge is 0.310 e. The van der Waals surface area contributed by atoms with Crippen LogP contribution in [0.2, 0.25) is 0 Å². The summed E-state index contributed by atoms with van der Waals surface area (Å²) in [6.45, 7) is 11.3. The molecule has 1 unspecified atom stereocenters. The molecule has 1 rings (SSSR count). The van der Waals surface area contributed by atoms with Crippen molar-refractivity contribution in [3.8, 4) is 0 Å². The van der Waals surface area contributed by atoms with Crippen LogP contribution >= 0.6 is 0 Å². The van der Waals surface area contributed by atoms with E-state index in [0.717, 1.165) is 13.0 Å². The number of aryl methyl sites for hydroxylation is 2. The van der Waals surface area contributed by atoms with Crippen LogP contribution in [0.1, 0.15) is 23.6 Å². The van der Waals surface area contributed by atoms with Crippen molar-refractivity contribution < 1.29 is 0 Å². The highest BCUT2D eigenvalue weighted by Gasteiger charge is 2.04. The maximum atomic E-state index is 3.86. The summed E-state index contributed by atoms with van der Waals surface area (Å²) in [5.74, 6) is 0. The molecule has 1 heteroatoms. The van der Waals surface area contributed by atoms with Crippen molar-refractivity contribution in [3.63, 3.8) is 0 Å². The first-order valence-corrected chi connectivity index (χ1v) is 5.58. The van der Waals surface area contributed by atoms with E-state index < -0.39 is 0 Å². The van der Waals surface area contributed by atoms with Crippen LogP contribution in [0.4, 0.5) is 0 Å². The Balaban J connectivity index is 2.74. The summed E-state index contributed by atoms with van der Waals surface area (Å²) >= 11 is 0. The van der Waals surface area contributed by atoms with Gasteiger partial charge in [0.15, 0.2) is 0 Å². The molecule has 0 bridgehead atoms. The summed E-state index contributed by atoms with van der Waals surface area (Å²) in [7, 11) is 0. The van der Waals surface area contributed by atoms with Gasteiger partial charge < -0.3 is 5.32 Å². The fraction of sp³-hybridized carbons (Fsp3) is 0.429. The molecule has 0 spiro atoms. The van der Waals surface area contributed by atoms with Gasteiger partial charge in [-0.25, -0.2) is 0 Å². The molecule has 15 heavy (non-hydrogen) atoms. The van der Waals surface area contributed by atoms with Gasteiger partial charge in [0, 0.05) is 6.04 Å². The van der Waals surface area contributed by atoms with Crippen molar-refractivity contribution in [2.75, 3.05) is 6.54 Å². The Hall–Kier alpha value is -1.08. The van der Waals surface area contributed by atoms with Crippen LogP contribution in [-0.2, 0) is 6.42 Å². The predicted molar refractivity (Wildman–Crippen MR) is 67.3 cm³/mol. The molecule has 0 amide bonds. The van der Waals surface area contributed by atoms with Gasteiger partial charge in [0.2, 0.25) is 0 Å². The number of hydrogen-bond acceptors (Lipinski definition) is 1. The lowest BCUT2D eigenvalue weighted by Crippen LogP contribution is -2.28. The van der Waals surface area contributed by atoms with E-state index in [1.165, 1.54) is 16.7 Å². The molecule has 1 N–H and O–H groups in total. The normalized spacial score (nSPS) is 12.5. The van der Waals surface area contributed by atoms with Crippen molar-refractivity contribution in [3.05, 3.63) is 47.5 Å². The molecule has 0 saturated heterocycles. The van der Waals surface area contributed by atoms with Gasteiger partial charge in [0.05, 0.1) is 0 Å². The molecule has 0 aliphatic carbocycles. The smallest absolute Gasteiger partial charge is 0.0287 e. The average molecular weight is 203 g/mol. The third kappa shape index (κ3) is 3.88. The first kappa shape index (κ1) is 12.0.